The van der Waals surface area contributed by atoms with Crippen molar-refractivity contribution >= 4 is 44.1 Å². The normalized spacial score (nSPS) is 13.7. The Kier molecular flexibility index (Phi) is 14.5. The topological polar surface area (TPSA) is 67.4 Å². The minimum atomic E-state index is -0.311. The number of fused-ring (bicyclic) bond motifs is 2. The Hall–Kier alpha value is -3.56. The lowest BCUT2D eigenvalue weighted by Crippen LogP contribution is -2.46. The molecule has 0 saturated carbocycles. The van der Waals surface area contributed by atoms with Crippen molar-refractivity contribution in [2.75, 3.05) is 64.1 Å². The van der Waals surface area contributed by atoms with Gasteiger partial charge >= 0.3 is 6.09 Å². The zero-order valence-electron chi connectivity index (χ0n) is 29.0. The van der Waals surface area contributed by atoms with Crippen LogP contribution >= 0.6 is 11.3 Å². The maximum atomic E-state index is 12.8. The van der Waals surface area contributed by atoms with E-state index in [0.29, 0.717) is 12.5 Å². The Morgan fingerprint density at radius 2 is 1.60 bits per heavy atom. The van der Waals surface area contributed by atoms with Gasteiger partial charge in [0.25, 0.3) is 0 Å². The molecule has 8 nitrogen and oxygen atoms in total. The Bertz CT molecular complexity index is 1530. The number of anilines is 1. The first-order valence-electron chi connectivity index (χ1n) is 18.2. The monoisotopic (exact) mass is 674 g/mol. The summed E-state index contributed by atoms with van der Waals surface area (Å²) in [4.78, 5) is 24.4. The molecule has 2 aromatic carbocycles. The number of ether oxygens (including phenoxy) is 3. The molecule has 1 aliphatic rings. The first-order valence-corrected chi connectivity index (χ1v) is 19.0. The highest BCUT2D eigenvalue weighted by molar-refractivity contribution is 7.17. The number of thiophene rings is 1. The van der Waals surface area contributed by atoms with Crippen LogP contribution in [-0.2, 0) is 4.74 Å². The molecule has 0 aliphatic carbocycles. The third-order valence-electron chi connectivity index (χ3n) is 9.17. The second-order valence-electron chi connectivity index (χ2n) is 12.8. The van der Waals surface area contributed by atoms with Gasteiger partial charge < -0.3 is 24.0 Å². The van der Waals surface area contributed by atoms with Crippen molar-refractivity contribution in [2.45, 2.75) is 78.1 Å². The third kappa shape index (κ3) is 10.7. The van der Waals surface area contributed by atoms with E-state index in [9.17, 15) is 4.79 Å². The van der Waals surface area contributed by atoms with Crippen molar-refractivity contribution in [3.63, 3.8) is 0 Å². The van der Waals surface area contributed by atoms with Crippen molar-refractivity contribution in [1.82, 2.24) is 14.8 Å². The standard InChI is InChI=1S/C39H54N4O4S/c1-3-5-7-9-22-43(23-10-8-6-4-2)39(44)47-31-46-38-19-17-32-16-18-33(30-35(32)40-38)45-28-12-11-21-41-24-26-42(27-25-41)36-14-13-15-37-34(36)20-29-48-37/h13-20,29-30H,3-12,21-28,31H2,1-2H3. The lowest BCUT2D eigenvalue weighted by molar-refractivity contribution is 0.0324. The molecule has 1 fully saturated rings. The molecule has 0 N–H and O–H groups in total. The molecular weight excluding hydrogens is 621 g/mol. The van der Waals surface area contributed by atoms with Crippen molar-refractivity contribution < 1.29 is 19.0 Å². The van der Waals surface area contributed by atoms with Crippen LogP contribution in [0.15, 0.2) is 60.0 Å². The van der Waals surface area contributed by atoms with Crippen LogP contribution in [0.25, 0.3) is 21.0 Å². The molecule has 260 valence electrons. The van der Waals surface area contributed by atoms with Crippen LogP contribution in [0.2, 0.25) is 0 Å². The lowest BCUT2D eigenvalue weighted by atomic mass is 10.2. The molecule has 0 atom stereocenters. The van der Waals surface area contributed by atoms with Gasteiger partial charge in [0.15, 0.2) is 0 Å². The maximum absolute atomic E-state index is 12.8. The van der Waals surface area contributed by atoms with Gasteiger partial charge in [0, 0.05) is 72.6 Å². The van der Waals surface area contributed by atoms with E-state index in [4.69, 9.17) is 14.2 Å². The molecule has 48 heavy (non-hydrogen) atoms. The summed E-state index contributed by atoms with van der Waals surface area (Å²) in [6.45, 7) is 11.8. The smallest absolute Gasteiger partial charge is 0.412 e. The van der Waals surface area contributed by atoms with E-state index in [1.165, 1.54) is 41.5 Å². The molecule has 0 radical (unpaired) electrons. The second-order valence-corrected chi connectivity index (χ2v) is 13.7. The minimum Gasteiger partial charge on any atom is -0.494 e. The summed E-state index contributed by atoms with van der Waals surface area (Å²) in [5.74, 6) is 1.23. The number of pyridine rings is 1. The van der Waals surface area contributed by atoms with Crippen molar-refractivity contribution in [1.29, 1.82) is 0 Å². The number of carbonyl (C=O) groups is 1. The maximum Gasteiger partial charge on any atom is 0.412 e. The summed E-state index contributed by atoms with van der Waals surface area (Å²) < 4.78 is 18.7. The molecule has 1 saturated heterocycles. The van der Waals surface area contributed by atoms with Crippen LogP contribution in [0.4, 0.5) is 10.5 Å². The van der Waals surface area contributed by atoms with Gasteiger partial charge in [-0.2, -0.15) is 0 Å². The average Bonchev–Trinajstić information content (AvgIpc) is 3.60. The van der Waals surface area contributed by atoms with Crippen LogP contribution < -0.4 is 14.4 Å². The fraction of sp³-hybridized carbons (Fsp3) is 0.538. The molecule has 1 aliphatic heterocycles. The SMILES string of the molecule is CCCCCCN(CCCCCC)C(=O)OCOc1ccc2ccc(OCCCCN3CCN(c4cccc5sccc45)CC3)cc2n1. The van der Waals surface area contributed by atoms with Crippen LogP contribution in [0, 0.1) is 0 Å². The fourth-order valence-corrected chi connectivity index (χ4v) is 7.13. The highest BCUT2D eigenvalue weighted by Crippen LogP contribution is 2.31. The van der Waals surface area contributed by atoms with E-state index in [1.54, 1.807) is 0 Å². The van der Waals surface area contributed by atoms with Gasteiger partial charge in [-0.05, 0) is 74.0 Å². The highest BCUT2D eigenvalue weighted by atomic mass is 32.1. The van der Waals surface area contributed by atoms with Gasteiger partial charge in [0.1, 0.15) is 5.75 Å². The largest absolute Gasteiger partial charge is 0.494 e. The number of rotatable bonds is 20. The average molecular weight is 675 g/mol. The number of piperazine rings is 1. The molecule has 1 amide bonds. The van der Waals surface area contributed by atoms with E-state index in [0.717, 1.165) is 101 Å². The number of amides is 1. The van der Waals surface area contributed by atoms with Gasteiger partial charge in [-0.15, -0.1) is 11.3 Å². The summed E-state index contributed by atoms with van der Waals surface area (Å²) in [6.07, 6.45) is 10.8. The van der Waals surface area contributed by atoms with Gasteiger partial charge in [-0.1, -0.05) is 58.4 Å². The van der Waals surface area contributed by atoms with E-state index in [2.05, 4.69) is 58.3 Å². The van der Waals surface area contributed by atoms with Crippen molar-refractivity contribution in [3.8, 4) is 11.6 Å². The van der Waals surface area contributed by atoms with Gasteiger partial charge in [-0.25, -0.2) is 9.78 Å². The number of hydrogen-bond acceptors (Lipinski definition) is 8. The number of carbonyl (C=O) groups excluding carboxylic acids is 1. The van der Waals surface area contributed by atoms with Crippen LogP contribution in [0.3, 0.4) is 0 Å². The number of aromatic nitrogens is 1. The molecular formula is C39H54N4O4S. The van der Waals surface area contributed by atoms with Crippen LogP contribution in [0.1, 0.15) is 78.1 Å². The van der Waals surface area contributed by atoms with Gasteiger partial charge in [0.2, 0.25) is 12.7 Å². The Labute approximate surface area is 291 Å². The second kappa shape index (κ2) is 19.4. The molecule has 5 rings (SSSR count). The van der Waals surface area contributed by atoms with E-state index < -0.39 is 0 Å². The number of hydrogen-bond donors (Lipinski definition) is 0. The zero-order valence-corrected chi connectivity index (χ0v) is 29.9. The fourth-order valence-electron chi connectivity index (χ4n) is 6.33. The van der Waals surface area contributed by atoms with Gasteiger partial charge in [-0.3, -0.25) is 4.90 Å². The Balaban J connectivity index is 1.01. The number of nitrogens with zero attached hydrogens (tertiary/aromatic N) is 4. The predicted molar refractivity (Wildman–Crippen MR) is 199 cm³/mol. The lowest BCUT2D eigenvalue weighted by Gasteiger charge is -2.36. The summed E-state index contributed by atoms with van der Waals surface area (Å²) in [7, 11) is 0. The summed E-state index contributed by atoms with van der Waals surface area (Å²) in [5.41, 5.74) is 2.16. The number of benzene rings is 2. The van der Waals surface area contributed by atoms with Crippen molar-refractivity contribution in [3.05, 3.63) is 60.0 Å². The first-order chi connectivity index (χ1) is 23.6. The molecule has 0 bridgehead atoms. The Morgan fingerprint density at radius 1 is 0.833 bits per heavy atom. The quantitative estimate of drug-likeness (QED) is 0.0684. The van der Waals surface area contributed by atoms with Crippen molar-refractivity contribution in [2.24, 2.45) is 0 Å². The molecule has 3 heterocycles. The Morgan fingerprint density at radius 3 is 2.38 bits per heavy atom. The zero-order chi connectivity index (χ0) is 33.4. The number of unbranched alkanes of at least 4 members (excludes halogenated alkanes) is 7. The summed E-state index contributed by atoms with van der Waals surface area (Å²) in [5, 5.41) is 4.57. The molecule has 0 spiro atoms. The molecule has 2 aromatic heterocycles. The van der Waals surface area contributed by atoms with E-state index in [1.807, 2.05) is 46.6 Å². The highest BCUT2D eigenvalue weighted by Gasteiger charge is 2.19. The van der Waals surface area contributed by atoms with E-state index in [-0.39, 0.29) is 12.9 Å². The van der Waals surface area contributed by atoms with Crippen LogP contribution in [-0.4, -0.2) is 80.1 Å². The summed E-state index contributed by atoms with van der Waals surface area (Å²) >= 11 is 1.82. The van der Waals surface area contributed by atoms with E-state index >= 15 is 0 Å². The van der Waals surface area contributed by atoms with Gasteiger partial charge in [0.05, 0.1) is 12.1 Å². The summed E-state index contributed by atoms with van der Waals surface area (Å²) in [6, 6.07) is 18.7. The first kappa shape index (κ1) is 35.7. The third-order valence-corrected chi connectivity index (χ3v) is 10.1. The minimum absolute atomic E-state index is 0.159. The predicted octanol–water partition coefficient (Wildman–Crippen LogP) is 9.37. The van der Waals surface area contributed by atoms with Crippen LogP contribution in [0.5, 0.6) is 11.6 Å². The molecule has 9 heteroatoms. The molecule has 4 aromatic rings. The molecule has 0 unspecified atom stereocenters.